The summed E-state index contributed by atoms with van der Waals surface area (Å²) in [5.74, 6) is 1.49. The van der Waals surface area contributed by atoms with Gasteiger partial charge in [0.2, 0.25) is 5.95 Å². The molecule has 3 aromatic rings. The third-order valence-electron chi connectivity index (χ3n) is 3.48. The minimum Gasteiger partial charge on any atom is -0.356 e. The summed E-state index contributed by atoms with van der Waals surface area (Å²) in [6, 6.07) is 18.4. The van der Waals surface area contributed by atoms with Crippen molar-refractivity contribution in [3.05, 3.63) is 72.3 Å². The van der Waals surface area contributed by atoms with Crippen LogP contribution in [0.1, 0.15) is 11.1 Å². The largest absolute Gasteiger partial charge is 0.356 e. The first kappa shape index (κ1) is 14.1. The van der Waals surface area contributed by atoms with Crippen LogP contribution in [0.3, 0.4) is 0 Å². The SMILES string of the molecule is C=Cc1ccc(Cn2nc(NC)nc2-c2ccccc2)cc1. The summed E-state index contributed by atoms with van der Waals surface area (Å²) in [6.07, 6.45) is 1.84. The molecule has 0 fully saturated rings. The van der Waals surface area contributed by atoms with Gasteiger partial charge in [0.15, 0.2) is 5.82 Å². The molecule has 0 spiro atoms. The Hall–Kier alpha value is -2.88. The van der Waals surface area contributed by atoms with Crippen molar-refractivity contribution >= 4 is 12.0 Å². The number of rotatable bonds is 5. The quantitative estimate of drug-likeness (QED) is 0.779. The Balaban J connectivity index is 1.95. The molecule has 4 nitrogen and oxygen atoms in total. The number of anilines is 1. The smallest absolute Gasteiger partial charge is 0.242 e. The zero-order valence-electron chi connectivity index (χ0n) is 12.5. The number of benzene rings is 2. The topological polar surface area (TPSA) is 42.7 Å². The molecule has 1 heterocycles. The lowest BCUT2D eigenvalue weighted by Gasteiger charge is -2.06. The van der Waals surface area contributed by atoms with E-state index in [1.807, 2.05) is 48.1 Å². The van der Waals surface area contributed by atoms with Crippen molar-refractivity contribution in [2.24, 2.45) is 0 Å². The molecule has 22 heavy (non-hydrogen) atoms. The summed E-state index contributed by atoms with van der Waals surface area (Å²) in [6.45, 7) is 4.45. The fourth-order valence-electron chi connectivity index (χ4n) is 2.29. The Morgan fingerprint density at radius 3 is 2.45 bits per heavy atom. The van der Waals surface area contributed by atoms with E-state index in [1.54, 1.807) is 0 Å². The summed E-state index contributed by atoms with van der Waals surface area (Å²) in [5.41, 5.74) is 3.34. The van der Waals surface area contributed by atoms with E-state index in [4.69, 9.17) is 0 Å². The van der Waals surface area contributed by atoms with E-state index in [9.17, 15) is 0 Å². The van der Waals surface area contributed by atoms with Gasteiger partial charge in [0.25, 0.3) is 0 Å². The fraction of sp³-hybridized carbons (Fsp3) is 0.111. The van der Waals surface area contributed by atoms with E-state index < -0.39 is 0 Å². The third-order valence-corrected chi connectivity index (χ3v) is 3.48. The first-order valence-electron chi connectivity index (χ1n) is 7.19. The minimum absolute atomic E-state index is 0.626. The van der Waals surface area contributed by atoms with Crippen LogP contribution in [-0.4, -0.2) is 21.8 Å². The normalized spacial score (nSPS) is 10.4. The van der Waals surface area contributed by atoms with Crippen LogP contribution in [0.15, 0.2) is 61.2 Å². The summed E-state index contributed by atoms with van der Waals surface area (Å²) in [4.78, 5) is 4.55. The molecule has 3 rings (SSSR count). The van der Waals surface area contributed by atoms with Gasteiger partial charge in [-0.1, -0.05) is 67.3 Å². The zero-order chi connectivity index (χ0) is 15.4. The molecular formula is C18H18N4. The van der Waals surface area contributed by atoms with E-state index in [0.29, 0.717) is 12.5 Å². The van der Waals surface area contributed by atoms with Crippen molar-refractivity contribution in [2.75, 3.05) is 12.4 Å². The van der Waals surface area contributed by atoms with Crippen molar-refractivity contribution in [3.63, 3.8) is 0 Å². The van der Waals surface area contributed by atoms with Crippen molar-refractivity contribution in [2.45, 2.75) is 6.54 Å². The average Bonchev–Trinajstić information content (AvgIpc) is 2.99. The molecular weight excluding hydrogens is 272 g/mol. The summed E-state index contributed by atoms with van der Waals surface area (Å²) in [7, 11) is 1.83. The molecule has 0 bridgehead atoms. The van der Waals surface area contributed by atoms with Gasteiger partial charge in [0.1, 0.15) is 0 Å². The molecule has 4 heteroatoms. The molecule has 0 amide bonds. The van der Waals surface area contributed by atoms with Crippen LogP contribution in [0.4, 0.5) is 5.95 Å². The van der Waals surface area contributed by atoms with Crippen LogP contribution in [0.25, 0.3) is 17.5 Å². The van der Waals surface area contributed by atoms with Gasteiger partial charge in [-0.25, -0.2) is 4.68 Å². The maximum absolute atomic E-state index is 4.55. The Bertz CT molecular complexity index is 758. The number of nitrogens with one attached hydrogen (secondary N) is 1. The first-order valence-corrected chi connectivity index (χ1v) is 7.19. The van der Waals surface area contributed by atoms with Gasteiger partial charge in [-0.3, -0.25) is 0 Å². The highest BCUT2D eigenvalue weighted by Crippen LogP contribution is 2.20. The number of nitrogens with zero attached hydrogens (tertiary/aromatic N) is 3. The van der Waals surface area contributed by atoms with E-state index in [1.165, 1.54) is 5.56 Å². The Morgan fingerprint density at radius 1 is 1.09 bits per heavy atom. The van der Waals surface area contributed by atoms with Gasteiger partial charge < -0.3 is 5.32 Å². The molecule has 0 saturated carbocycles. The summed E-state index contributed by atoms with van der Waals surface area (Å²) < 4.78 is 1.92. The lowest BCUT2D eigenvalue weighted by Crippen LogP contribution is -2.04. The van der Waals surface area contributed by atoms with Gasteiger partial charge in [-0.05, 0) is 11.1 Å². The van der Waals surface area contributed by atoms with Crippen molar-refractivity contribution in [1.82, 2.24) is 14.8 Å². The minimum atomic E-state index is 0.626. The van der Waals surface area contributed by atoms with Crippen LogP contribution >= 0.6 is 0 Å². The predicted octanol–water partition coefficient (Wildman–Crippen LogP) is 3.68. The van der Waals surface area contributed by atoms with E-state index in [-0.39, 0.29) is 0 Å². The second-order valence-corrected chi connectivity index (χ2v) is 4.98. The number of hydrogen-bond acceptors (Lipinski definition) is 3. The number of hydrogen-bond donors (Lipinski definition) is 1. The van der Waals surface area contributed by atoms with E-state index in [2.05, 4.69) is 46.2 Å². The lowest BCUT2D eigenvalue weighted by atomic mass is 10.1. The molecule has 0 atom stereocenters. The highest BCUT2D eigenvalue weighted by atomic mass is 15.4. The van der Waals surface area contributed by atoms with E-state index >= 15 is 0 Å². The molecule has 1 aromatic heterocycles. The van der Waals surface area contributed by atoms with E-state index in [0.717, 1.165) is 17.0 Å². The molecule has 2 aromatic carbocycles. The summed E-state index contributed by atoms with van der Waals surface area (Å²) in [5, 5.41) is 7.52. The Labute approximate surface area is 130 Å². The molecule has 1 N–H and O–H groups in total. The monoisotopic (exact) mass is 290 g/mol. The van der Waals surface area contributed by atoms with Crippen LogP contribution in [-0.2, 0) is 6.54 Å². The van der Waals surface area contributed by atoms with Crippen LogP contribution < -0.4 is 5.32 Å². The molecule has 0 aliphatic carbocycles. The lowest BCUT2D eigenvalue weighted by molar-refractivity contribution is 0.695. The van der Waals surface area contributed by atoms with Gasteiger partial charge in [0, 0.05) is 12.6 Å². The van der Waals surface area contributed by atoms with Crippen molar-refractivity contribution in [3.8, 4) is 11.4 Å². The Kier molecular flexibility index (Phi) is 4.01. The van der Waals surface area contributed by atoms with Crippen molar-refractivity contribution < 1.29 is 0 Å². The van der Waals surface area contributed by atoms with Crippen LogP contribution in [0.5, 0.6) is 0 Å². The molecule has 0 aliphatic rings. The van der Waals surface area contributed by atoms with Gasteiger partial charge in [-0.2, -0.15) is 4.98 Å². The van der Waals surface area contributed by atoms with Crippen molar-refractivity contribution in [1.29, 1.82) is 0 Å². The third kappa shape index (κ3) is 2.91. The standard InChI is InChI=1S/C18H18N4/c1-3-14-9-11-15(12-10-14)13-22-17(20-18(19-2)21-22)16-7-5-4-6-8-16/h3-12H,1,13H2,2H3,(H,19,21). The maximum Gasteiger partial charge on any atom is 0.242 e. The highest BCUT2D eigenvalue weighted by Gasteiger charge is 2.11. The molecule has 110 valence electrons. The average molecular weight is 290 g/mol. The van der Waals surface area contributed by atoms with Gasteiger partial charge in [-0.15, -0.1) is 5.10 Å². The first-order chi connectivity index (χ1) is 10.8. The predicted molar refractivity (Wildman–Crippen MR) is 90.6 cm³/mol. The maximum atomic E-state index is 4.55. The second-order valence-electron chi connectivity index (χ2n) is 4.98. The molecule has 0 saturated heterocycles. The molecule has 0 radical (unpaired) electrons. The van der Waals surface area contributed by atoms with Gasteiger partial charge >= 0.3 is 0 Å². The van der Waals surface area contributed by atoms with Crippen LogP contribution in [0.2, 0.25) is 0 Å². The molecule has 0 aliphatic heterocycles. The van der Waals surface area contributed by atoms with Gasteiger partial charge in [0.05, 0.1) is 6.54 Å². The summed E-state index contributed by atoms with van der Waals surface area (Å²) >= 11 is 0. The second kappa shape index (κ2) is 6.26. The fourth-order valence-corrected chi connectivity index (χ4v) is 2.29. The van der Waals surface area contributed by atoms with Crippen LogP contribution in [0, 0.1) is 0 Å². The highest BCUT2D eigenvalue weighted by molar-refractivity contribution is 5.57. The Morgan fingerprint density at radius 2 is 1.82 bits per heavy atom. The number of aromatic nitrogens is 3. The molecule has 0 unspecified atom stereocenters. The zero-order valence-corrected chi connectivity index (χ0v) is 12.5.